The number of hydrogen-bond acceptors (Lipinski definition) is 5. The largest absolute Gasteiger partial charge is 0.478 e. The van der Waals surface area contributed by atoms with Gasteiger partial charge in [0.2, 0.25) is 5.88 Å². The summed E-state index contributed by atoms with van der Waals surface area (Å²) in [4.78, 5) is 12.1. The second-order valence-corrected chi connectivity index (χ2v) is 3.99. The number of pyridine rings is 1. The van der Waals surface area contributed by atoms with E-state index in [1.807, 2.05) is 12.1 Å². The number of nitrogens with two attached hydrogens (primary N) is 1. The summed E-state index contributed by atoms with van der Waals surface area (Å²) >= 11 is 0. The maximum Gasteiger partial charge on any atom is 0.218 e. The zero-order valence-corrected chi connectivity index (χ0v) is 10.3. The molecule has 0 atom stereocenters. The Kier molecular flexibility index (Phi) is 4.06. The number of aryl methyl sites for hydroxylation is 2. The molecule has 0 fully saturated rings. The summed E-state index contributed by atoms with van der Waals surface area (Å²) in [6, 6.07) is 5.65. The van der Waals surface area contributed by atoms with Crippen LogP contribution in [0.4, 0.5) is 5.82 Å². The zero-order valence-electron chi connectivity index (χ0n) is 10.3. The van der Waals surface area contributed by atoms with Gasteiger partial charge in [-0.05, 0) is 37.5 Å². The zero-order chi connectivity index (χ0) is 12.8. The van der Waals surface area contributed by atoms with Crippen LogP contribution < -0.4 is 10.5 Å². The minimum absolute atomic E-state index is 0.437. The Morgan fingerprint density at radius 1 is 1.22 bits per heavy atom. The van der Waals surface area contributed by atoms with Crippen LogP contribution in [0.25, 0.3) is 0 Å². The maximum atomic E-state index is 5.62. The first-order valence-electron chi connectivity index (χ1n) is 5.87. The molecule has 94 valence electrons. The van der Waals surface area contributed by atoms with E-state index in [-0.39, 0.29) is 0 Å². The van der Waals surface area contributed by atoms with E-state index in [0.29, 0.717) is 24.1 Å². The maximum absolute atomic E-state index is 5.62. The lowest BCUT2D eigenvalue weighted by Gasteiger charge is -2.06. The van der Waals surface area contributed by atoms with Crippen molar-refractivity contribution < 1.29 is 4.74 Å². The van der Waals surface area contributed by atoms with Gasteiger partial charge in [-0.2, -0.15) is 4.98 Å². The van der Waals surface area contributed by atoms with Crippen LogP contribution in [0.1, 0.15) is 17.8 Å². The van der Waals surface area contributed by atoms with Crippen molar-refractivity contribution in [1.29, 1.82) is 0 Å². The first kappa shape index (κ1) is 12.3. The van der Waals surface area contributed by atoms with Crippen molar-refractivity contribution in [2.45, 2.75) is 19.8 Å². The summed E-state index contributed by atoms with van der Waals surface area (Å²) in [6.45, 7) is 2.40. The number of rotatable bonds is 5. The Morgan fingerprint density at radius 3 is 2.72 bits per heavy atom. The standard InChI is InChI=1S/C13H16N4O/c1-10-16-12(14)9-13(17-10)18-8-2-3-11-4-6-15-7-5-11/h4-7,9H,2-3,8H2,1H3,(H2,14,16,17). The fourth-order valence-corrected chi connectivity index (χ4v) is 1.64. The number of anilines is 1. The third-order valence-corrected chi connectivity index (χ3v) is 2.44. The summed E-state index contributed by atoms with van der Waals surface area (Å²) in [5.41, 5.74) is 6.87. The van der Waals surface area contributed by atoms with Crippen LogP contribution in [-0.4, -0.2) is 21.6 Å². The predicted molar refractivity (Wildman–Crippen MR) is 69.2 cm³/mol. The van der Waals surface area contributed by atoms with Crippen molar-refractivity contribution in [1.82, 2.24) is 15.0 Å². The molecule has 0 spiro atoms. The van der Waals surface area contributed by atoms with E-state index in [0.717, 1.165) is 12.8 Å². The second-order valence-electron chi connectivity index (χ2n) is 3.99. The molecule has 2 N–H and O–H groups in total. The highest BCUT2D eigenvalue weighted by Crippen LogP contribution is 2.11. The third kappa shape index (κ3) is 3.69. The lowest BCUT2D eigenvalue weighted by atomic mass is 10.1. The molecule has 2 rings (SSSR count). The highest BCUT2D eigenvalue weighted by atomic mass is 16.5. The molecule has 5 nitrogen and oxygen atoms in total. The van der Waals surface area contributed by atoms with Gasteiger partial charge in [0.25, 0.3) is 0 Å². The minimum Gasteiger partial charge on any atom is -0.478 e. The molecule has 0 saturated carbocycles. The van der Waals surface area contributed by atoms with E-state index in [1.165, 1.54) is 5.56 Å². The van der Waals surface area contributed by atoms with E-state index in [4.69, 9.17) is 10.5 Å². The van der Waals surface area contributed by atoms with Gasteiger partial charge < -0.3 is 10.5 Å². The molecule has 0 radical (unpaired) electrons. The van der Waals surface area contributed by atoms with Gasteiger partial charge >= 0.3 is 0 Å². The van der Waals surface area contributed by atoms with Crippen LogP contribution in [0.15, 0.2) is 30.6 Å². The van der Waals surface area contributed by atoms with Crippen LogP contribution in [-0.2, 0) is 6.42 Å². The van der Waals surface area contributed by atoms with Gasteiger partial charge in [0.05, 0.1) is 6.61 Å². The average Bonchev–Trinajstić information content (AvgIpc) is 2.35. The molecule has 0 unspecified atom stereocenters. The lowest BCUT2D eigenvalue weighted by molar-refractivity contribution is 0.298. The molecule has 2 aromatic rings. The third-order valence-electron chi connectivity index (χ3n) is 2.44. The first-order chi connectivity index (χ1) is 8.74. The van der Waals surface area contributed by atoms with Crippen molar-refractivity contribution in [2.75, 3.05) is 12.3 Å². The molecular formula is C13H16N4O. The van der Waals surface area contributed by atoms with E-state index >= 15 is 0 Å². The summed E-state index contributed by atoms with van der Waals surface area (Å²) in [5, 5.41) is 0. The van der Waals surface area contributed by atoms with Crippen LogP contribution in [0, 0.1) is 6.92 Å². The van der Waals surface area contributed by atoms with Gasteiger partial charge in [-0.1, -0.05) is 0 Å². The summed E-state index contributed by atoms with van der Waals surface area (Å²) in [6.07, 6.45) is 5.48. The number of nitrogen functional groups attached to an aromatic ring is 1. The molecule has 5 heteroatoms. The molecule has 0 aromatic carbocycles. The van der Waals surface area contributed by atoms with E-state index < -0.39 is 0 Å². The van der Waals surface area contributed by atoms with E-state index in [1.54, 1.807) is 25.4 Å². The Morgan fingerprint density at radius 2 is 2.00 bits per heavy atom. The summed E-state index contributed by atoms with van der Waals surface area (Å²) in [5.74, 6) is 1.60. The average molecular weight is 244 g/mol. The fourth-order valence-electron chi connectivity index (χ4n) is 1.64. The van der Waals surface area contributed by atoms with Crippen molar-refractivity contribution in [2.24, 2.45) is 0 Å². The summed E-state index contributed by atoms with van der Waals surface area (Å²) in [7, 11) is 0. The number of hydrogen-bond donors (Lipinski definition) is 1. The monoisotopic (exact) mass is 244 g/mol. The normalized spacial score (nSPS) is 10.3. The Balaban J connectivity index is 1.78. The second kappa shape index (κ2) is 5.95. The highest BCUT2D eigenvalue weighted by Gasteiger charge is 2.00. The van der Waals surface area contributed by atoms with Gasteiger partial charge in [0.1, 0.15) is 11.6 Å². The molecule has 18 heavy (non-hydrogen) atoms. The first-order valence-corrected chi connectivity index (χ1v) is 5.87. The van der Waals surface area contributed by atoms with Crippen LogP contribution in [0.5, 0.6) is 5.88 Å². The van der Waals surface area contributed by atoms with Gasteiger partial charge in [0, 0.05) is 18.5 Å². The molecule has 0 bridgehead atoms. The number of nitrogens with zero attached hydrogens (tertiary/aromatic N) is 3. The lowest BCUT2D eigenvalue weighted by Crippen LogP contribution is -2.04. The fraction of sp³-hybridized carbons (Fsp3) is 0.308. The van der Waals surface area contributed by atoms with Crippen molar-refractivity contribution in [3.8, 4) is 5.88 Å². The molecule has 0 saturated heterocycles. The highest BCUT2D eigenvalue weighted by molar-refractivity contribution is 5.32. The van der Waals surface area contributed by atoms with Crippen LogP contribution in [0.2, 0.25) is 0 Å². The van der Waals surface area contributed by atoms with E-state index in [9.17, 15) is 0 Å². The molecular weight excluding hydrogens is 228 g/mol. The quantitative estimate of drug-likeness (QED) is 0.811. The minimum atomic E-state index is 0.437. The van der Waals surface area contributed by atoms with Crippen molar-refractivity contribution in [3.05, 3.63) is 42.0 Å². The molecule has 2 aromatic heterocycles. The molecule has 0 amide bonds. The molecule has 2 heterocycles. The van der Waals surface area contributed by atoms with Gasteiger partial charge in [-0.3, -0.25) is 4.98 Å². The Bertz CT molecular complexity index is 481. The van der Waals surface area contributed by atoms with Crippen molar-refractivity contribution >= 4 is 5.82 Å². The Labute approximate surface area is 106 Å². The van der Waals surface area contributed by atoms with E-state index in [2.05, 4.69) is 15.0 Å². The number of aromatic nitrogens is 3. The summed E-state index contributed by atoms with van der Waals surface area (Å²) < 4.78 is 5.54. The molecule has 0 aliphatic rings. The van der Waals surface area contributed by atoms with Gasteiger partial charge in [-0.25, -0.2) is 4.98 Å². The van der Waals surface area contributed by atoms with Crippen LogP contribution in [0.3, 0.4) is 0 Å². The van der Waals surface area contributed by atoms with Crippen LogP contribution >= 0.6 is 0 Å². The smallest absolute Gasteiger partial charge is 0.218 e. The molecule has 0 aliphatic carbocycles. The topological polar surface area (TPSA) is 73.9 Å². The molecule has 0 aliphatic heterocycles. The Hall–Kier alpha value is -2.17. The number of ether oxygens (including phenoxy) is 1. The SMILES string of the molecule is Cc1nc(N)cc(OCCCc2ccncc2)n1. The van der Waals surface area contributed by atoms with Gasteiger partial charge in [-0.15, -0.1) is 0 Å². The van der Waals surface area contributed by atoms with Gasteiger partial charge in [0.15, 0.2) is 0 Å². The van der Waals surface area contributed by atoms with Crippen molar-refractivity contribution in [3.63, 3.8) is 0 Å². The predicted octanol–water partition coefficient (Wildman–Crippen LogP) is 1.77.